The van der Waals surface area contributed by atoms with Crippen LogP contribution in [0.15, 0.2) is 48.7 Å². The molecule has 9 heteroatoms. The fourth-order valence-corrected chi connectivity index (χ4v) is 5.13. The Labute approximate surface area is 243 Å². The smallest absolute Gasteiger partial charge is 0.407 e. The molecule has 41 heavy (non-hydrogen) atoms. The summed E-state index contributed by atoms with van der Waals surface area (Å²) in [6.45, 7) is 9.02. The molecule has 1 unspecified atom stereocenters. The monoisotopic (exact) mass is 565 g/mol. The maximum Gasteiger partial charge on any atom is 0.407 e. The molecule has 2 aromatic rings. The summed E-state index contributed by atoms with van der Waals surface area (Å²) in [6, 6.07) is 11.5. The Balaban J connectivity index is 1.29. The van der Waals surface area contributed by atoms with Crippen molar-refractivity contribution in [2.24, 2.45) is 0 Å². The highest BCUT2D eigenvalue weighted by atomic mass is 16.6. The number of carbonyl (C=O) groups excluding carboxylic acids is 2. The first-order valence-electron chi connectivity index (χ1n) is 14.5. The molecule has 222 valence electrons. The number of ether oxygens (including phenoxy) is 4. The number of benzene rings is 1. The highest BCUT2D eigenvalue weighted by molar-refractivity contribution is 5.74. The number of hydrogen-bond acceptors (Lipinski definition) is 8. The van der Waals surface area contributed by atoms with Crippen molar-refractivity contribution in [1.29, 1.82) is 0 Å². The largest absolute Gasteiger partial charge is 0.465 e. The summed E-state index contributed by atoms with van der Waals surface area (Å²) >= 11 is 0. The SMILES string of the molecule is Cc1ccnc(OCC(=O)OCc2ccccc2)c1C1=CCC(OC[C@@H]2NCCC[C@@H]2NC(=O)OC(C)(C)C)CC1. The summed E-state index contributed by atoms with van der Waals surface area (Å²) in [5.41, 5.74) is 3.50. The lowest BCUT2D eigenvalue weighted by Crippen LogP contribution is -2.56. The van der Waals surface area contributed by atoms with Gasteiger partial charge in [-0.15, -0.1) is 0 Å². The topological polar surface area (TPSA) is 108 Å². The van der Waals surface area contributed by atoms with Crippen LogP contribution >= 0.6 is 0 Å². The van der Waals surface area contributed by atoms with Crippen molar-refractivity contribution in [3.8, 4) is 5.88 Å². The summed E-state index contributed by atoms with van der Waals surface area (Å²) < 4.78 is 23.0. The van der Waals surface area contributed by atoms with E-state index in [0.717, 1.165) is 60.9 Å². The lowest BCUT2D eigenvalue weighted by atomic mass is 9.90. The van der Waals surface area contributed by atoms with Gasteiger partial charge in [0, 0.05) is 17.8 Å². The number of aryl methyl sites for hydroxylation is 1. The van der Waals surface area contributed by atoms with Gasteiger partial charge in [0.2, 0.25) is 5.88 Å². The van der Waals surface area contributed by atoms with Crippen LogP contribution in [0, 0.1) is 6.92 Å². The van der Waals surface area contributed by atoms with E-state index >= 15 is 0 Å². The van der Waals surface area contributed by atoms with Crippen molar-refractivity contribution < 1.29 is 28.5 Å². The second-order valence-electron chi connectivity index (χ2n) is 11.7. The second kappa shape index (κ2) is 14.5. The molecule has 0 spiro atoms. The summed E-state index contributed by atoms with van der Waals surface area (Å²) in [7, 11) is 0. The van der Waals surface area contributed by atoms with Crippen molar-refractivity contribution in [3.63, 3.8) is 0 Å². The van der Waals surface area contributed by atoms with Crippen LogP contribution in [0.1, 0.15) is 69.6 Å². The van der Waals surface area contributed by atoms with Crippen LogP contribution in [0.25, 0.3) is 5.57 Å². The van der Waals surface area contributed by atoms with Crippen LogP contribution < -0.4 is 15.4 Å². The second-order valence-corrected chi connectivity index (χ2v) is 11.7. The quantitative estimate of drug-likeness (QED) is 0.383. The lowest BCUT2D eigenvalue weighted by molar-refractivity contribution is -0.147. The minimum Gasteiger partial charge on any atom is -0.465 e. The predicted octanol–water partition coefficient (Wildman–Crippen LogP) is 5.11. The molecular formula is C32H43N3O6. The molecule has 1 aromatic heterocycles. The zero-order valence-electron chi connectivity index (χ0n) is 24.6. The zero-order chi connectivity index (χ0) is 29.2. The van der Waals surface area contributed by atoms with E-state index in [9.17, 15) is 9.59 Å². The molecule has 1 saturated heterocycles. The number of rotatable bonds is 10. The van der Waals surface area contributed by atoms with Gasteiger partial charge in [0.25, 0.3) is 0 Å². The number of hydrogen-bond donors (Lipinski definition) is 2. The average molecular weight is 566 g/mol. The van der Waals surface area contributed by atoms with Gasteiger partial charge in [0.1, 0.15) is 12.2 Å². The van der Waals surface area contributed by atoms with Gasteiger partial charge in [-0.05, 0) is 89.1 Å². The minimum atomic E-state index is -0.534. The number of esters is 1. The van der Waals surface area contributed by atoms with Crippen LogP contribution in [0.3, 0.4) is 0 Å². The van der Waals surface area contributed by atoms with Crippen molar-refractivity contribution in [2.45, 2.75) is 90.2 Å². The molecule has 9 nitrogen and oxygen atoms in total. The lowest BCUT2D eigenvalue weighted by Gasteiger charge is -2.35. The molecule has 2 heterocycles. The van der Waals surface area contributed by atoms with Gasteiger partial charge < -0.3 is 29.6 Å². The Bertz CT molecular complexity index is 1190. The van der Waals surface area contributed by atoms with Crippen molar-refractivity contribution in [1.82, 2.24) is 15.6 Å². The van der Waals surface area contributed by atoms with Crippen LogP contribution in [0.4, 0.5) is 4.79 Å². The third-order valence-electron chi connectivity index (χ3n) is 7.18. The maximum absolute atomic E-state index is 12.3. The first-order chi connectivity index (χ1) is 19.7. The summed E-state index contributed by atoms with van der Waals surface area (Å²) in [6.07, 6.45) is 7.87. The Morgan fingerprint density at radius 3 is 2.66 bits per heavy atom. The Morgan fingerprint density at radius 1 is 1.12 bits per heavy atom. The average Bonchev–Trinajstić information content (AvgIpc) is 2.94. The normalized spacial score (nSPS) is 21.0. The zero-order valence-corrected chi connectivity index (χ0v) is 24.6. The van der Waals surface area contributed by atoms with E-state index in [1.54, 1.807) is 6.20 Å². The van der Waals surface area contributed by atoms with Gasteiger partial charge >= 0.3 is 12.1 Å². The van der Waals surface area contributed by atoms with Crippen LogP contribution in [0.5, 0.6) is 5.88 Å². The van der Waals surface area contributed by atoms with E-state index < -0.39 is 17.7 Å². The molecule has 3 atom stereocenters. The Hall–Kier alpha value is -3.43. The molecule has 1 fully saturated rings. The number of amides is 1. The molecule has 0 saturated carbocycles. The molecule has 4 rings (SSSR count). The molecule has 0 radical (unpaired) electrons. The van der Waals surface area contributed by atoms with Gasteiger partial charge in [-0.3, -0.25) is 0 Å². The first-order valence-corrected chi connectivity index (χ1v) is 14.5. The van der Waals surface area contributed by atoms with E-state index in [2.05, 4.69) is 21.7 Å². The van der Waals surface area contributed by atoms with E-state index in [0.29, 0.717) is 12.5 Å². The third-order valence-corrected chi connectivity index (χ3v) is 7.18. The molecule has 1 aromatic carbocycles. The molecule has 1 amide bonds. The molecule has 1 aliphatic heterocycles. The van der Waals surface area contributed by atoms with Crippen LogP contribution in [-0.2, 0) is 25.6 Å². The summed E-state index contributed by atoms with van der Waals surface area (Å²) in [4.78, 5) is 29.1. The highest BCUT2D eigenvalue weighted by Gasteiger charge is 2.29. The predicted molar refractivity (Wildman–Crippen MR) is 156 cm³/mol. The van der Waals surface area contributed by atoms with Gasteiger partial charge in [0.15, 0.2) is 6.61 Å². The van der Waals surface area contributed by atoms with Gasteiger partial charge in [-0.2, -0.15) is 0 Å². The molecule has 2 N–H and O–H groups in total. The Kier molecular flexibility index (Phi) is 10.8. The van der Waals surface area contributed by atoms with Crippen molar-refractivity contribution in [3.05, 3.63) is 65.4 Å². The number of carbonyl (C=O) groups is 2. The first kappa shape index (κ1) is 30.5. The summed E-state index contributed by atoms with van der Waals surface area (Å²) in [5.74, 6) is -0.000254. The van der Waals surface area contributed by atoms with Crippen LogP contribution in [-0.4, -0.2) is 60.6 Å². The van der Waals surface area contributed by atoms with Gasteiger partial charge in [0.05, 0.1) is 18.8 Å². The maximum atomic E-state index is 12.3. The van der Waals surface area contributed by atoms with E-state index in [-0.39, 0.29) is 31.4 Å². The van der Waals surface area contributed by atoms with Crippen molar-refractivity contribution >= 4 is 17.6 Å². The summed E-state index contributed by atoms with van der Waals surface area (Å²) in [5, 5.41) is 6.52. The van der Waals surface area contributed by atoms with E-state index in [4.69, 9.17) is 18.9 Å². The fraction of sp³-hybridized carbons (Fsp3) is 0.531. The van der Waals surface area contributed by atoms with E-state index in [1.165, 1.54) is 0 Å². The molecule has 1 aliphatic carbocycles. The third kappa shape index (κ3) is 9.57. The van der Waals surface area contributed by atoms with E-state index in [1.807, 2.05) is 64.1 Å². The number of piperidine rings is 1. The van der Waals surface area contributed by atoms with Gasteiger partial charge in [-0.25, -0.2) is 14.6 Å². The number of pyridine rings is 1. The minimum absolute atomic E-state index is 0.0314. The van der Waals surface area contributed by atoms with Crippen molar-refractivity contribution in [2.75, 3.05) is 19.8 Å². The standard InChI is InChI=1S/C32H43N3O6/c1-22-16-18-34-30(40-21-28(36)39-19-23-9-6-5-7-10-23)29(22)24-12-14-25(15-13-24)38-20-27-26(11-8-17-33-27)35-31(37)41-32(2,3)4/h5-7,9-10,12,16,18,25-27,33H,8,11,13-15,17,19-21H2,1-4H3,(H,35,37)/t25?,26-,27-/m0/s1. The number of nitrogens with one attached hydrogen (secondary N) is 2. The molecule has 0 bridgehead atoms. The highest BCUT2D eigenvalue weighted by Crippen LogP contribution is 2.35. The number of nitrogens with zero attached hydrogens (tertiary/aromatic N) is 1. The van der Waals surface area contributed by atoms with Crippen LogP contribution in [0.2, 0.25) is 0 Å². The fourth-order valence-electron chi connectivity index (χ4n) is 5.13. The number of allylic oxidation sites excluding steroid dienone is 1. The number of alkyl carbamates (subject to hydrolysis) is 1. The molecule has 2 aliphatic rings. The van der Waals surface area contributed by atoms with Gasteiger partial charge in [-0.1, -0.05) is 36.4 Å². The Morgan fingerprint density at radius 2 is 1.93 bits per heavy atom. The molecular weight excluding hydrogens is 522 g/mol. The number of aromatic nitrogens is 1.